The number of benzene rings is 1. The molecule has 114 valence electrons. The quantitative estimate of drug-likeness (QED) is 0.842. The van der Waals surface area contributed by atoms with Gasteiger partial charge in [0.1, 0.15) is 11.6 Å². The van der Waals surface area contributed by atoms with Crippen LogP contribution in [0.3, 0.4) is 0 Å². The number of carbonyl (C=O) groups is 2. The number of likely N-dealkylation sites (tertiary alicyclic amines) is 1. The van der Waals surface area contributed by atoms with Gasteiger partial charge < -0.3 is 5.73 Å². The summed E-state index contributed by atoms with van der Waals surface area (Å²) in [5, 5.41) is 0. The fourth-order valence-electron chi connectivity index (χ4n) is 2.63. The van der Waals surface area contributed by atoms with Crippen LogP contribution in [0.15, 0.2) is 18.2 Å². The second-order valence-corrected chi connectivity index (χ2v) is 5.44. The van der Waals surface area contributed by atoms with Crippen LogP contribution < -0.4 is 5.73 Å². The number of ketones is 1. The maximum absolute atomic E-state index is 13.5. The van der Waals surface area contributed by atoms with E-state index in [1.54, 1.807) is 0 Å². The van der Waals surface area contributed by atoms with Crippen molar-refractivity contribution >= 4 is 11.7 Å². The lowest BCUT2D eigenvalue weighted by Crippen LogP contribution is -2.38. The Balaban J connectivity index is 1.90. The Bertz CT molecular complexity index is 540. The molecule has 0 saturated carbocycles. The molecule has 6 heteroatoms. The predicted octanol–water partition coefficient (Wildman–Crippen LogP) is 1.73. The third kappa shape index (κ3) is 4.32. The molecule has 0 aliphatic carbocycles. The summed E-state index contributed by atoms with van der Waals surface area (Å²) in [4.78, 5) is 24.8. The van der Waals surface area contributed by atoms with E-state index < -0.39 is 17.4 Å². The van der Waals surface area contributed by atoms with Gasteiger partial charge >= 0.3 is 0 Å². The fraction of sp³-hybridized carbons (Fsp3) is 0.467. The second-order valence-electron chi connectivity index (χ2n) is 5.44. The van der Waals surface area contributed by atoms with Crippen LogP contribution in [0.25, 0.3) is 0 Å². The molecule has 2 rings (SSSR count). The number of primary amides is 1. The van der Waals surface area contributed by atoms with Gasteiger partial charge in [-0.05, 0) is 50.0 Å². The molecule has 0 spiro atoms. The van der Waals surface area contributed by atoms with E-state index in [0.717, 1.165) is 31.0 Å². The molecule has 0 unspecified atom stereocenters. The summed E-state index contributed by atoms with van der Waals surface area (Å²) in [6.45, 7) is 1.37. The second kappa shape index (κ2) is 6.76. The molecule has 4 nitrogen and oxygen atoms in total. The van der Waals surface area contributed by atoms with Crippen molar-refractivity contribution in [3.8, 4) is 0 Å². The summed E-state index contributed by atoms with van der Waals surface area (Å²) >= 11 is 0. The van der Waals surface area contributed by atoms with Gasteiger partial charge in [-0.15, -0.1) is 0 Å². The van der Waals surface area contributed by atoms with Crippen LogP contribution in [-0.2, 0) is 4.79 Å². The minimum atomic E-state index is -0.704. The molecule has 1 aromatic carbocycles. The van der Waals surface area contributed by atoms with Crippen molar-refractivity contribution in [2.24, 2.45) is 11.7 Å². The van der Waals surface area contributed by atoms with Crippen molar-refractivity contribution in [2.45, 2.75) is 19.3 Å². The first-order chi connectivity index (χ1) is 9.95. The van der Waals surface area contributed by atoms with Gasteiger partial charge in [-0.3, -0.25) is 14.5 Å². The van der Waals surface area contributed by atoms with E-state index >= 15 is 0 Å². The SMILES string of the molecule is NC(=O)CC1CCN(CC(=O)c2cc(F)ccc2F)CC1. The number of hydrogen-bond acceptors (Lipinski definition) is 3. The highest BCUT2D eigenvalue weighted by molar-refractivity contribution is 5.97. The molecular formula is C15H18F2N2O2. The van der Waals surface area contributed by atoms with Gasteiger partial charge in [-0.2, -0.15) is 0 Å². The molecular weight excluding hydrogens is 278 g/mol. The van der Waals surface area contributed by atoms with Crippen LogP contribution in [0, 0.1) is 17.6 Å². The lowest BCUT2D eigenvalue weighted by molar-refractivity contribution is -0.119. The van der Waals surface area contributed by atoms with Crippen molar-refractivity contribution in [3.05, 3.63) is 35.4 Å². The molecule has 1 aliphatic heterocycles. The van der Waals surface area contributed by atoms with E-state index in [4.69, 9.17) is 5.73 Å². The zero-order chi connectivity index (χ0) is 15.4. The lowest BCUT2D eigenvalue weighted by Gasteiger charge is -2.30. The van der Waals surface area contributed by atoms with Crippen LogP contribution in [0.2, 0.25) is 0 Å². The highest BCUT2D eigenvalue weighted by Crippen LogP contribution is 2.20. The highest BCUT2D eigenvalue weighted by Gasteiger charge is 2.23. The van der Waals surface area contributed by atoms with Crippen molar-refractivity contribution in [2.75, 3.05) is 19.6 Å². The molecule has 21 heavy (non-hydrogen) atoms. The molecule has 1 amide bonds. The van der Waals surface area contributed by atoms with Crippen molar-refractivity contribution in [1.82, 2.24) is 4.90 Å². The Morgan fingerprint density at radius 3 is 2.52 bits per heavy atom. The molecule has 1 heterocycles. The molecule has 1 aromatic rings. The Hall–Kier alpha value is -1.82. The monoisotopic (exact) mass is 296 g/mol. The third-order valence-corrected chi connectivity index (χ3v) is 3.79. The van der Waals surface area contributed by atoms with Gasteiger partial charge in [-0.25, -0.2) is 8.78 Å². The van der Waals surface area contributed by atoms with Gasteiger partial charge in [0, 0.05) is 6.42 Å². The predicted molar refractivity (Wildman–Crippen MR) is 73.7 cm³/mol. The molecule has 0 atom stereocenters. The summed E-state index contributed by atoms with van der Waals surface area (Å²) in [7, 11) is 0. The third-order valence-electron chi connectivity index (χ3n) is 3.79. The summed E-state index contributed by atoms with van der Waals surface area (Å²) in [5.74, 6) is -1.82. The van der Waals surface area contributed by atoms with Crippen molar-refractivity contribution in [1.29, 1.82) is 0 Å². The normalized spacial score (nSPS) is 16.9. The first-order valence-electron chi connectivity index (χ1n) is 6.94. The van der Waals surface area contributed by atoms with Gasteiger partial charge in [0.25, 0.3) is 0 Å². The minimum absolute atomic E-state index is 0.0592. The minimum Gasteiger partial charge on any atom is -0.370 e. The lowest BCUT2D eigenvalue weighted by atomic mass is 9.93. The largest absolute Gasteiger partial charge is 0.370 e. The summed E-state index contributed by atoms with van der Waals surface area (Å²) in [6, 6.07) is 2.88. The fourth-order valence-corrected chi connectivity index (χ4v) is 2.63. The van der Waals surface area contributed by atoms with Crippen LogP contribution in [-0.4, -0.2) is 36.2 Å². The maximum atomic E-state index is 13.5. The van der Waals surface area contributed by atoms with E-state index in [1.165, 1.54) is 0 Å². The van der Waals surface area contributed by atoms with Crippen molar-refractivity contribution in [3.63, 3.8) is 0 Å². The average molecular weight is 296 g/mol. The van der Waals surface area contributed by atoms with E-state index in [1.807, 2.05) is 4.90 Å². The number of nitrogens with zero attached hydrogens (tertiary/aromatic N) is 1. The smallest absolute Gasteiger partial charge is 0.217 e. The van der Waals surface area contributed by atoms with Gasteiger partial charge in [-0.1, -0.05) is 0 Å². The van der Waals surface area contributed by atoms with Crippen LogP contribution in [0.4, 0.5) is 8.78 Å². The first-order valence-corrected chi connectivity index (χ1v) is 6.94. The van der Waals surface area contributed by atoms with Crippen LogP contribution in [0.1, 0.15) is 29.6 Å². The highest BCUT2D eigenvalue weighted by atomic mass is 19.1. The number of Topliss-reactive ketones (excluding diaryl/α,β-unsaturated/α-hetero) is 1. The number of piperidine rings is 1. The average Bonchev–Trinajstić information content (AvgIpc) is 2.43. The van der Waals surface area contributed by atoms with E-state index in [-0.39, 0.29) is 23.9 Å². The van der Waals surface area contributed by atoms with E-state index in [9.17, 15) is 18.4 Å². The summed E-state index contributed by atoms with van der Waals surface area (Å²) in [6.07, 6.45) is 1.92. The van der Waals surface area contributed by atoms with Gasteiger partial charge in [0.05, 0.1) is 12.1 Å². The number of amides is 1. The standard InChI is InChI=1S/C15H18F2N2O2/c16-11-1-2-13(17)12(8-11)14(20)9-19-5-3-10(4-6-19)7-15(18)21/h1-2,8,10H,3-7,9H2,(H2,18,21). The molecule has 1 fully saturated rings. The van der Waals surface area contributed by atoms with E-state index in [2.05, 4.69) is 0 Å². The maximum Gasteiger partial charge on any atom is 0.217 e. The Kier molecular flexibility index (Phi) is 5.01. The van der Waals surface area contributed by atoms with Gasteiger partial charge in [0.15, 0.2) is 5.78 Å². The van der Waals surface area contributed by atoms with Crippen molar-refractivity contribution < 1.29 is 18.4 Å². The number of rotatable bonds is 5. The molecule has 1 saturated heterocycles. The molecule has 0 aromatic heterocycles. The first kappa shape index (κ1) is 15.6. The topological polar surface area (TPSA) is 63.4 Å². The van der Waals surface area contributed by atoms with E-state index in [0.29, 0.717) is 19.5 Å². The van der Waals surface area contributed by atoms with Crippen LogP contribution >= 0.6 is 0 Å². The van der Waals surface area contributed by atoms with Gasteiger partial charge in [0.2, 0.25) is 5.91 Å². The molecule has 0 bridgehead atoms. The molecule has 1 aliphatic rings. The zero-order valence-corrected chi connectivity index (χ0v) is 11.6. The summed E-state index contributed by atoms with van der Waals surface area (Å²) < 4.78 is 26.6. The number of halogens is 2. The summed E-state index contributed by atoms with van der Waals surface area (Å²) in [5.41, 5.74) is 4.95. The number of nitrogens with two attached hydrogens (primary N) is 1. The number of hydrogen-bond donors (Lipinski definition) is 1. The Morgan fingerprint density at radius 1 is 1.24 bits per heavy atom. The molecule has 2 N–H and O–H groups in total. The Morgan fingerprint density at radius 2 is 1.90 bits per heavy atom. The van der Waals surface area contributed by atoms with Crippen LogP contribution in [0.5, 0.6) is 0 Å². The Labute approximate surface area is 121 Å². The zero-order valence-electron chi connectivity index (χ0n) is 11.6. The number of carbonyl (C=O) groups excluding carboxylic acids is 2. The molecule has 0 radical (unpaired) electrons.